The van der Waals surface area contributed by atoms with Gasteiger partial charge in [-0.15, -0.1) is 0 Å². The summed E-state index contributed by atoms with van der Waals surface area (Å²) in [7, 11) is 0. The first-order valence-corrected chi connectivity index (χ1v) is 7.21. The minimum atomic E-state index is 0.431. The lowest BCUT2D eigenvalue weighted by Gasteiger charge is -2.19. The molecule has 1 aliphatic rings. The minimum Gasteiger partial charge on any atom is -0.440 e. The van der Waals surface area contributed by atoms with Gasteiger partial charge < -0.3 is 4.42 Å². The van der Waals surface area contributed by atoms with Gasteiger partial charge in [-0.3, -0.25) is 9.97 Å². The Bertz CT molecular complexity index is 737. The van der Waals surface area contributed by atoms with Gasteiger partial charge in [0.2, 0.25) is 5.89 Å². The lowest BCUT2D eigenvalue weighted by molar-refractivity contribution is 0.460. The number of pyridine rings is 2. The van der Waals surface area contributed by atoms with Crippen LogP contribution in [0.2, 0.25) is 0 Å². The summed E-state index contributed by atoms with van der Waals surface area (Å²) in [4.78, 5) is 13.4. The molecule has 0 aliphatic heterocycles. The highest BCUT2D eigenvalue weighted by atomic mass is 16.4. The molecule has 0 fully saturated rings. The van der Waals surface area contributed by atoms with Gasteiger partial charge in [0.25, 0.3) is 0 Å². The van der Waals surface area contributed by atoms with E-state index in [0.29, 0.717) is 11.8 Å². The molecule has 4 rings (SSSR count). The zero-order chi connectivity index (χ0) is 14.1. The molecular weight excluding hydrogens is 262 g/mol. The quantitative estimate of drug-likeness (QED) is 0.720. The van der Waals surface area contributed by atoms with Gasteiger partial charge in [0.05, 0.1) is 5.69 Å². The maximum absolute atomic E-state index is 5.88. The predicted octanol–water partition coefficient (Wildman–Crippen LogP) is 3.40. The molecule has 4 heteroatoms. The number of aryl methyl sites for hydroxylation is 1. The van der Waals surface area contributed by atoms with E-state index in [-0.39, 0.29) is 0 Å². The summed E-state index contributed by atoms with van der Waals surface area (Å²) < 4.78 is 5.88. The van der Waals surface area contributed by atoms with Gasteiger partial charge in [-0.05, 0) is 30.7 Å². The molecule has 3 heterocycles. The number of nitrogens with zero attached hydrogens (tertiary/aromatic N) is 3. The maximum Gasteiger partial charge on any atom is 0.245 e. The maximum atomic E-state index is 5.88. The number of aromatic nitrogens is 3. The lowest BCUT2D eigenvalue weighted by atomic mass is 9.87. The van der Waals surface area contributed by atoms with Crippen molar-refractivity contribution < 1.29 is 4.42 Å². The van der Waals surface area contributed by atoms with E-state index in [9.17, 15) is 0 Å². The summed E-state index contributed by atoms with van der Waals surface area (Å²) in [5.74, 6) is 2.06. The van der Waals surface area contributed by atoms with Crippen molar-refractivity contribution in [2.75, 3.05) is 0 Å². The standard InChI is InChI=1S/C17H15N3O/c1-3-9-18-13(5-1)12-7-8-16-15(11-12)20-17(21-16)14-6-2-4-10-19-14/h1-6,9-10,12H,7-8,11H2. The normalized spacial score (nSPS) is 17.4. The van der Waals surface area contributed by atoms with Gasteiger partial charge in [-0.1, -0.05) is 12.1 Å². The fourth-order valence-corrected chi connectivity index (χ4v) is 2.85. The topological polar surface area (TPSA) is 51.8 Å². The fourth-order valence-electron chi connectivity index (χ4n) is 2.85. The third kappa shape index (κ3) is 2.33. The summed E-state index contributed by atoms with van der Waals surface area (Å²) in [6, 6.07) is 11.8. The van der Waals surface area contributed by atoms with Crippen LogP contribution in [0.25, 0.3) is 11.6 Å². The van der Waals surface area contributed by atoms with E-state index < -0.39 is 0 Å². The molecule has 0 N–H and O–H groups in total. The second-order valence-electron chi connectivity index (χ2n) is 5.30. The Hall–Kier alpha value is -2.49. The van der Waals surface area contributed by atoms with E-state index >= 15 is 0 Å². The summed E-state index contributed by atoms with van der Waals surface area (Å²) in [6.45, 7) is 0. The third-order valence-electron chi connectivity index (χ3n) is 3.93. The van der Waals surface area contributed by atoms with E-state index in [1.807, 2.05) is 36.5 Å². The second-order valence-corrected chi connectivity index (χ2v) is 5.30. The van der Waals surface area contributed by atoms with E-state index in [4.69, 9.17) is 4.42 Å². The van der Waals surface area contributed by atoms with Crippen molar-refractivity contribution in [1.29, 1.82) is 0 Å². The Morgan fingerprint density at radius 3 is 2.62 bits per heavy atom. The van der Waals surface area contributed by atoms with Crippen LogP contribution in [-0.2, 0) is 12.8 Å². The molecule has 0 saturated carbocycles. The van der Waals surface area contributed by atoms with E-state index in [2.05, 4.69) is 21.0 Å². The molecule has 3 aromatic rings. The molecule has 4 nitrogen and oxygen atoms in total. The van der Waals surface area contributed by atoms with Crippen LogP contribution < -0.4 is 0 Å². The van der Waals surface area contributed by atoms with Crippen molar-refractivity contribution in [3.63, 3.8) is 0 Å². The van der Waals surface area contributed by atoms with Crippen LogP contribution in [-0.4, -0.2) is 15.0 Å². The fraction of sp³-hybridized carbons (Fsp3) is 0.235. The largest absolute Gasteiger partial charge is 0.440 e. The monoisotopic (exact) mass is 277 g/mol. The molecule has 1 unspecified atom stereocenters. The van der Waals surface area contributed by atoms with Gasteiger partial charge >= 0.3 is 0 Å². The van der Waals surface area contributed by atoms with Crippen LogP contribution in [0.4, 0.5) is 0 Å². The smallest absolute Gasteiger partial charge is 0.245 e. The zero-order valence-electron chi connectivity index (χ0n) is 11.6. The molecule has 104 valence electrons. The number of hydrogen-bond acceptors (Lipinski definition) is 4. The number of fused-ring (bicyclic) bond motifs is 1. The highest BCUT2D eigenvalue weighted by Crippen LogP contribution is 2.33. The molecule has 1 aliphatic carbocycles. The number of hydrogen-bond donors (Lipinski definition) is 0. The Morgan fingerprint density at radius 1 is 1.00 bits per heavy atom. The molecular formula is C17H15N3O. The van der Waals surface area contributed by atoms with Crippen LogP contribution >= 0.6 is 0 Å². The van der Waals surface area contributed by atoms with Crippen molar-refractivity contribution >= 4 is 0 Å². The molecule has 0 amide bonds. The number of rotatable bonds is 2. The van der Waals surface area contributed by atoms with Crippen molar-refractivity contribution in [1.82, 2.24) is 15.0 Å². The lowest BCUT2D eigenvalue weighted by Crippen LogP contribution is -2.13. The second kappa shape index (κ2) is 5.13. The molecule has 21 heavy (non-hydrogen) atoms. The van der Waals surface area contributed by atoms with Crippen molar-refractivity contribution in [2.45, 2.75) is 25.2 Å². The van der Waals surface area contributed by atoms with Crippen LogP contribution in [0, 0.1) is 0 Å². The Balaban J connectivity index is 1.63. The number of oxazole rings is 1. The van der Waals surface area contributed by atoms with Gasteiger partial charge in [0.15, 0.2) is 0 Å². The van der Waals surface area contributed by atoms with Crippen molar-refractivity contribution in [3.05, 3.63) is 65.9 Å². The summed E-state index contributed by atoms with van der Waals surface area (Å²) >= 11 is 0. The average molecular weight is 277 g/mol. The molecule has 0 saturated heterocycles. The van der Waals surface area contributed by atoms with Crippen LogP contribution in [0.15, 0.2) is 53.2 Å². The molecule has 1 atom stereocenters. The van der Waals surface area contributed by atoms with Gasteiger partial charge in [-0.2, -0.15) is 0 Å². The van der Waals surface area contributed by atoms with Crippen LogP contribution in [0.5, 0.6) is 0 Å². The Kier molecular flexibility index (Phi) is 2.99. The first-order chi connectivity index (χ1) is 10.4. The van der Waals surface area contributed by atoms with E-state index in [1.54, 1.807) is 6.20 Å². The first-order valence-electron chi connectivity index (χ1n) is 7.21. The predicted molar refractivity (Wildman–Crippen MR) is 78.7 cm³/mol. The first kappa shape index (κ1) is 12.3. The molecule has 0 bridgehead atoms. The van der Waals surface area contributed by atoms with E-state index in [0.717, 1.165) is 42.1 Å². The van der Waals surface area contributed by atoms with Crippen LogP contribution in [0.1, 0.15) is 29.5 Å². The SMILES string of the molecule is c1ccc(-c2nc3c(o2)CCC(c2ccccn2)C3)nc1. The summed E-state index contributed by atoms with van der Waals surface area (Å²) in [5.41, 5.74) is 2.99. The van der Waals surface area contributed by atoms with E-state index in [1.165, 1.54) is 0 Å². The van der Waals surface area contributed by atoms with Gasteiger partial charge in [0, 0.05) is 36.8 Å². The highest BCUT2D eigenvalue weighted by molar-refractivity contribution is 5.47. The Labute approximate surface area is 122 Å². The molecule has 0 spiro atoms. The highest BCUT2D eigenvalue weighted by Gasteiger charge is 2.26. The Morgan fingerprint density at radius 2 is 1.86 bits per heavy atom. The third-order valence-corrected chi connectivity index (χ3v) is 3.93. The van der Waals surface area contributed by atoms with Crippen LogP contribution in [0.3, 0.4) is 0 Å². The van der Waals surface area contributed by atoms with Crippen molar-refractivity contribution in [2.24, 2.45) is 0 Å². The van der Waals surface area contributed by atoms with Gasteiger partial charge in [0.1, 0.15) is 11.5 Å². The molecule has 3 aromatic heterocycles. The molecule has 0 radical (unpaired) electrons. The summed E-state index contributed by atoms with van der Waals surface area (Å²) in [5, 5.41) is 0. The summed E-state index contributed by atoms with van der Waals surface area (Å²) in [6.07, 6.45) is 6.47. The molecule has 0 aromatic carbocycles. The van der Waals surface area contributed by atoms with Gasteiger partial charge in [-0.25, -0.2) is 4.98 Å². The van der Waals surface area contributed by atoms with Crippen molar-refractivity contribution in [3.8, 4) is 11.6 Å². The minimum absolute atomic E-state index is 0.431. The zero-order valence-corrected chi connectivity index (χ0v) is 11.6. The average Bonchev–Trinajstić information content (AvgIpc) is 2.99.